The summed E-state index contributed by atoms with van der Waals surface area (Å²) in [5.41, 5.74) is 1.18. The summed E-state index contributed by atoms with van der Waals surface area (Å²) in [6, 6.07) is 9.98. The summed E-state index contributed by atoms with van der Waals surface area (Å²) < 4.78 is 5.34. The number of nitrogens with one attached hydrogen (secondary N) is 1. The molecule has 106 valence electrons. The van der Waals surface area contributed by atoms with E-state index in [4.69, 9.17) is 4.74 Å². The summed E-state index contributed by atoms with van der Waals surface area (Å²) in [5, 5.41) is 3.31. The van der Waals surface area contributed by atoms with Crippen molar-refractivity contribution in [1.82, 2.24) is 9.97 Å². The van der Waals surface area contributed by atoms with E-state index in [-0.39, 0.29) is 0 Å². The number of ether oxygens (including phenoxy) is 1. The Labute approximate surface area is 119 Å². The van der Waals surface area contributed by atoms with Gasteiger partial charge in [0.05, 0.1) is 7.11 Å². The molecule has 0 atom stereocenters. The summed E-state index contributed by atoms with van der Waals surface area (Å²) >= 11 is 0. The third-order valence-electron chi connectivity index (χ3n) is 3.00. The van der Waals surface area contributed by atoms with Crippen molar-refractivity contribution in [1.29, 1.82) is 0 Å². The van der Waals surface area contributed by atoms with Crippen molar-refractivity contribution in [2.75, 3.05) is 38.0 Å². The van der Waals surface area contributed by atoms with Crippen LogP contribution in [-0.4, -0.2) is 37.7 Å². The molecule has 5 heteroatoms. The van der Waals surface area contributed by atoms with Gasteiger partial charge in [-0.25, -0.2) is 9.97 Å². The minimum Gasteiger partial charge on any atom is -0.496 e. The number of methoxy groups -OCH3 is 1. The highest BCUT2D eigenvalue weighted by molar-refractivity contribution is 5.47. The van der Waals surface area contributed by atoms with Crippen molar-refractivity contribution in [3.05, 3.63) is 42.2 Å². The Hall–Kier alpha value is -2.30. The van der Waals surface area contributed by atoms with Gasteiger partial charge in [-0.3, -0.25) is 0 Å². The van der Waals surface area contributed by atoms with Crippen molar-refractivity contribution < 1.29 is 4.74 Å². The predicted molar refractivity (Wildman–Crippen MR) is 81.5 cm³/mol. The van der Waals surface area contributed by atoms with Crippen molar-refractivity contribution in [3.8, 4) is 5.75 Å². The monoisotopic (exact) mass is 272 g/mol. The number of para-hydroxylation sites is 1. The van der Waals surface area contributed by atoms with E-state index in [1.54, 1.807) is 13.4 Å². The number of aromatic nitrogens is 2. The Balaban J connectivity index is 1.94. The highest BCUT2D eigenvalue weighted by Gasteiger charge is 2.03. The van der Waals surface area contributed by atoms with Crippen LogP contribution in [0.4, 0.5) is 11.6 Å². The Morgan fingerprint density at radius 2 is 2.00 bits per heavy atom. The van der Waals surface area contributed by atoms with Crippen LogP contribution in [0.25, 0.3) is 0 Å². The van der Waals surface area contributed by atoms with Gasteiger partial charge in [-0.1, -0.05) is 18.2 Å². The van der Waals surface area contributed by atoms with E-state index in [1.807, 2.05) is 43.3 Å². The van der Waals surface area contributed by atoms with E-state index in [9.17, 15) is 0 Å². The van der Waals surface area contributed by atoms with Gasteiger partial charge < -0.3 is 15.0 Å². The lowest BCUT2D eigenvalue weighted by Crippen LogP contribution is -2.12. The van der Waals surface area contributed by atoms with Crippen molar-refractivity contribution in [2.45, 2.75) is 6.42 Å². The molecule has 5 nitrogen and oxygen atoms in total. The number of nitrogens with zero attached hydrogens (tertiary/aromatic N) is 3. The molecule has 0 aliphatic carbocycles. The van der Waals surface area contributed by atoms with Gasteiger partial charge in [0.1, 0.15) is 23.7 Å². The van der Waals surface area contributed by atoms with E-state index in [0.29, 0.717) is 0 Å². The van der Waals surface area contributed by atoms with Gasteiger partial charge in [0, 0.05) is 26.7 Å². The lowest BCUT2D eigenvalue weighted by Gasteiger charge is -2.13. The second-order valence-corrected chi connectivity index (χ2v) is 4.64. The van der Waals surface area contributed by atoms with E-state index in [2.05, 4.69) is 21.4 Å². The predicted octanol–water partition coefficient (Wildman–Crippen LogP) is 2.21. The fourth-order valence-electron chi connectivity index (χ4n) is 1.92. The molecule has 0 amide bonds. The minimum absolute atomic E-state index is 0.796. The average molecular weight is 272 g/mol. The molecule has 0 saturated heterocycles. The third kappa shape index (κ3) is 3.60. The topological polar surface area (TPSA) is 50.3 Å². The Bertz CT molecular complexity index is 557. The zero-order valence-corrected chi connectivity index (χ0v) is 12.1. The molecule has 0 unspecified atom stereocenters. The molecule has 0 aliphatic rings. The molecule has 2 rings (SSSR count). The van der Waals surface area contributed by atoms with Crippen LogP contribution < -0.4 is 15.0 Å². The van der Waals surface area contributed by atoms with Crippen molar-refractivity contribution >= 4 is 11.6 Å². The van der Waals surface area contributed by atoms with Crippen LogP contribution in [0.5, 0.6) is 5.75 Å². The second kappa shape index (κ2) is 6.75. The SMILES string of the molecule is COc1ccccc1CCNc1cc(N(C)C)ncn1. The first-order valence-electron chi connectivity index (χ1n) is 6.56. The molecular formula is C15H20N4O. The number of rotatable bonds is 6. The molecule has 0 bridgehead atoms. The number of anilines is 2. The smallest absolute Gasteiger partial charge is 0.133 e. The third-order valence-corrected chi connectivity index (χ3v) is 3.00. The quantitative estimate of drug-likeness (QED) is 0.873. The highest BCUT2D eigenvalue weighted by atomic mass is 16.5. The molecule has 0 saturated carbocycles. The van der Waals surface area contributed by atoms with Crippen molar-refractivity contribution in [3.63, 3.8) is 0 Å². The van der Waals surface area contributed by atoms with E-state index < -0.39 is 0 Å². The van der Waals surface area contributed by atoms with Crippen LogP contribution >= 0.6 is 0 Å². The largest absolute Gasteiger partial charge is 0.496 e. The average Bonchev–Trinajstić information content (AvgIpc) is 2.48. The van der Waals surface area contributed by atoms with Gasteiger partial charge in [0.15, 0.2) is 0 Å². The molecule has 0 aliphatic heterocycles. The van der Waals surface area contributed by atoms with Gasteiger partial charge in [-0.2, -0.15) is 0 Å². The molecule has 2 aromatic rings. The first-order valence-corrected chi connectivity index (χ1v) is 6.56. The van der Waals surface area contributed by atoms with Gasteiger partial charge >= 0.3 is 0 Å². The van der Waals surface area contributed by atoms with Crippen LogP contribution in [0.15, 0.2) is 36.7 Å². The van der Waals surface area contributed by atoms with E-state index in [0.717, 1.165) is 30.4 Å². The molecule has 20 heavy (non-hydrogen) atoms. The molecule has 0 spiro atoms. The molecule has 1 aromatic heterocycles. The lowest BCUT2D eigenvalue weighted by atomic mass is 10.1. The second-order valence-electron chi connectivity index (χ2n) is 4.64. The van der Waals surface area contributed by atoms with E-state index in [1.165, 1.54) is 5.56 Å². The standard InChI is InChI=1S/C15H20N4O/c1-19(2)15-10-14(17-11-18-15)16-9-8-12-6-4-5-7-13(12)20-3/h4-7,10-11H,8-9H2,1-3H3,(H,16,17,18). The molecule has 1 N–H and O–H groups in total. The highest BCUT2D eigenvalue weighted by Crippen LogP contribution is 2.18. The summed E-state index contributed by atoms with van der Waals surface area (Å²) in [5.74, 6) is 2.64. The van der Waals surface area contributed by atoms with Crippen LogP contribution in [0.2, 0.25) is 0 Å². The van der Waals surface area contributed by atoms with Gasteiger partial charge in [0.25, 0.3) is 0 Å². The van der Waals surface area contributed by atoms with Gasteiger partial charge in [-0.15, -0.1) is 0 Å². The summed E-state index contributed by atoms with van der Waals surface area (Å²) in [6.07, 6.45) is 2.45. The Kier molecular flexibility index (Phi) is 4.76. The first kappa shape index (κ1) is 14.1. The molecule has 0 fully saturated rings. The Morgan fingerprint density at radius 3 is 2.75 bits per heavy atom. The summed E-state index contributed by atoms with van der Waals surface area (Å²) in [7, 11) is 5.61. The molecular weight excluding hydrogens is 252 g/mol. The minimum atomic E-state index is 0.796. The van der Waals surface area contributed by atoms with Gasteiger partial charge in [0.2, 0.25) is 0 Å². The molecule has 1 heterocycles. The molecule has 1 aromatic carbocycles. The summed E-state index contributed by atoms with van der Waals surface area (Å²) in [6.45, 7) is 0.796. The Morgan fingerprint density at radius 1 is 1.20 bits per heavy atom. The lowest BCUT2D eigenvalue weighted by molar-refractivity contribution is 0.410. The van der Waals surface area contributed by atoms with Crippen molar-refractivity contribution in [2.24, 2.45) is 0 Å². The zero-order valence-electron chi connectivity index (χ0n) is 12.1. The maximum Gasteiger partial charge on any atom is 0.133 e. The van der Waals surface area contributed by atoms with Gasteiger partial charge in [-0.05, 0) is 18.1 Å². The maximum absolute atomic E-state index is 5.34. The van der Waals surface area contributed by atoms with E-state index >= 15 is 0 Å². The van der Waals surface area contributed by atoms with Crippen LogP contribution in [0.1, 0.15) is 5.56 Å². The number of hydrogen-bond donors (Lipinski definition) is 1. The fourth-order valence-corrected chi connectivity index (χ4v) is 1.92. The number of benzene rings is 1. The fraction of sp³-hybridized carbons (Fsp3) is 0.333. The zero-order chi connectivity index (χ0) is 14.4. The number of hydrogen-bond acceptors (Lipinski definition) is 5. The van der Waals surface area contributed by atoms with Crippen LogP contribution in [-0.2, 0) is 6.42 Å². The van der Waals surface area contributed by atoms with Crippen LogP contribution in [0, 0.1) is 0 Å². The maximum atomic E-state index is 5.34. The normalized spacial score (nSPS) is 10.2. The van der Waals surface area contributed by atoms with Crippen LogP contribution in [0.3, 0.4) is 0 Å². The summed E-state index contributed by atoms with van der Waals surface area (Å²) in [4.78, 5) is 10.4. The molecule has 0 radical (unpaired) electrons. The first-order chi connectivity index (χ1) is 9.70.